The standard InChI is InChI=1S/C15H18N2O2S/c18-9-8-17(12-6-7-12)15(19)13-10-20-14(16-13)11-4-2-1-3-5-11/h1-5,12-13,18H,6-10H2. The zero-order chi connectivity index (χ0) is 13.9. The average Bonchev–Trinajstić information content (AvgIpc) is 3.21. The Morgan fingerprint density at radius 2 is 2.10 bits per heavy atom. The Kier molecular flexibility index (Phi) is 4.08. The lowest BCUT2D eigenvalue weighted by molar-refractivity contribution is -0.133. The van der Waals surface area contributed by atoms with Crippen LogP contribution in [0.25, 0.3) is 0 Å². The van der Waals surface area contributed by atoms with Gasteiger partial charge in [-0.15, -0.1) is 11.8 Å². The first-order valence-electron chi connectivity index (χ1n) is 6.97. The first-order valence-corrected chi connectivity index (χ1v) is 7.95. The highest BCUT2D eigenvalue weighted by Crippen LogP contribution is 2.30. The Morgan fingerprint density at radius 1 is 1.35 bits per heavy atom. The molecule has 1 aliphatic heterocycles. The van der Waals surface area contributed by atoms with E-state index in [1.807, 2.05) is 35.2 Å². The molecule has 0 saturated heterocycles. The molecule has 0 bridgehead atoms. The van der Waals surface area contributed by atoms with Gasteiger partial charge in [0.15, 0.2) is 0 Å². The van der Waals surface area contributed by atoms with Gasteiger partial charge >= 0.3 is 0 Å². The van der Waals surface area contributed by atoms with Crippen molar-refractivity contribution in [1.29, 1.82) is 0 Å². The van der Waals surface area contributed by atoms with E-state index in [1.165, 1.54) is 0 Å². The molecule has 4 nitrogen and oxygen atoms in total. The number of hydrogen-bond acceptors (Lipinski definition) is 4. The van der Waals surface area contributed by atoms with Gasteiger partial charge in [-0.05, 0) is 12.8 Å². The Balaban J connectivity index is 1.72. The van der Waals surface area contributed by atoms with E-state index in [4.69, 9.17) is 5.11 Å². The highest BCUT2D eigenvalue weighted by molar-refractivity contribution is 8.14. The summed E-state index contributed by atoms with van der Waals surface area (Å²) < 4.78 is 0. The molecule has 20 heavy (non-hydrogen) atoms. The van der Waals surface area contributed by atoms with Crippen LogP contribution in [0.3, 0.4) is 0 Å². The minimum atomic E-state index is -0.289. The topological polar surface area (TPSA) is 52.9 Å². The van der Waals surface area contributed by atoms with E-state index in [-0.39, 0.29) is 18.6 Å². The lowest BCUT2D eigenvalue weighted by Gasteiger charge is -2.23. The number of hydrogen-bond donors (Lipinski definition) is 1. The van der Waals surface area contributed by atoms with E-state index in [1.54, 1.807) is 11.8 Å². The van der Waals surface area contributed by atoms with Crippen molar-refractivity contribution in [2.24, 2.45) is 4.99 Å². The van der Waals surface area contributed by atoms with Gasteiger partial charge in [-0.3, -0.25) is 9.79 Å². The number of aliphatic imine (C=N–C) groups is 1. The molecule has 1 saturated carbocycles. The minimum absolute atomic E-state index is 0.0252. The molecule has 106 valence electrons. The van der Waals surface area contributed by atoms with Gasteiger partial charge in [0.2, 0.25) is 5.91 Å². The van der Waals surface area contributed by atoms with Crippen LogP contribution in [0.2, 0.25) is 0 Å². The Hall–Kier alpha value is -1.33. The number of aliphatic hydroxyl groups is 1. The second-order valence-electron chi connectivity index (χ2n) is 5.11. The summed E-state index contributed by atoms with van der Waals surface area (Å²) in [5, 5.41) is 10.0. The molecule has 1 fully saturated rings. The quantitative estimate of drug-likeness (QED) is 0.895. The second-order valence-corrected chi connectivity index (χ2v) is 6.12. The van der Waals surface area contributed by atoms with Crippen molar-refractivity contribution >= 4 is 22.7 Å². The van der Waals surface area contributed by atoms with Gasteiger partial charge in [0.1, 0.15) is 6.04 Å². The van der Waals surface area contributed by atoms with E-state index in [0.29, 0.717) is 18.3 Å². The Labute approximate surface area is 122 Å². The van der Waals surface area contributed by atoms with Crippen LogP contribution in [0, 0.1) is 0 Å². The molecule has 0 radical (unpaired) electrons. The van der Waals surface area contributed by atoms with Crippen molar-refractivity contribution in [2.75, 3.05) is 18.9 Å². The van der Waals surface area contributed by atoms with Crippen LogP contribution in [0.5, 0.6) is 0 Å². The van der Waals surface area contributed by atoms with Gasteiger partial charge in [0.05, 0.1) is 11.7 Å². The van der Waals surface area contributed by atoms with Crippen LogP contribution in [0.15, 0.2) is 35.3 Å². The van der Waals surface area contributed by atoms with Gasteiger partial charge in [-0.1, -0.05) is 30.3 Å². The maximum atomic E-state index is 12.5. The predicted molar refractivity (Wildman–Crippen MR) is 81.0 cm³/mol. The SMILES string of the molecule is O=C(C1CSC(c2ccccc2)=N1)N(CCO)C1CC1. The number of amides is 1. The molecule has 3 rings (SSSR count). The van der Waals surface area contributed by atoms with Gasteiger partial charge in [-0.2, -0.15) is 0 Å². The summed E-state index contributed by atoms with van der Waals surface area (Å²) in [6.45, 7) is 0.457. The summed E-state index contributed by atoms with van der Waals surface area (Å²) in [6, 6.07) is 10.0. The van der Waals surface area contributed by atoms with Crippen LogP contribution in [0.4, 0.5) is 0 Å². The molecule has 1 aromatic carbocycles. The first-order chi connectivity index (χ1) is 9.79. The number of nitrogens with zero attached hydrogens (tertiary/aromatic N) is 2. The summed E-state index contributed by atoms with van der Waals surface area (Å²) in [4.78, 5) is 18.9. The van der Waals surface area contributed by atoms with E-state index in [0.717, 1.165) is 23.4 Å². The Bertz CT molecular complexity index is 514. The summed E-state index contributed by atoms with van der Waals surface area (Å²) in [5.41, 5.74) is 1.08. The fraction of sp³-hybridized carbons (Fsp3) is 0.467. The van der Waals surface area contributed by atoms with Gasteiger partial charge < -0.3 is 10.0 Å². The van der Waals surface area contributed by atoms with Crippen molar-refractivity contribution in [3.8, 4) is 0 Å². The lowest BCUT2D eigenvalue weighted by atomic mass is 10.2. The van der Waals surface area contributed by atoms with Crippen molar-refractivity contribution < 1.29 is 9.90 Å². The fourth-order valence-corrected chi connectivity index (χ4v) is 3.43. The van der Waals surface area contributed by atoms with Crippen LogP contribution in [0.1, 0.15) is 18.4 Å². The molecular weight excluding hydrogens is 272 g/mol. The van der Waals surface area contributed by atoms with Crippen LogP contribution >= 0.6 is 11.8 Å². The van der Waals surface area contributed by atoms with E-state index >= 15 is 0 Å². The normalized spacial score (nSPS) is 21.6. The molecule has 1 aliphatic carbocycles. The average molecular weight is 290 g/mol. The van der Waals surface area contributed by atoms with E-state index < -0.39 is 0 Å². The van der Waals surface area contributed by atoms with E-state index in [9.17, 15) is 4.79 Å². The maximum Gasteiger partial charge on any atom is 0.248 e. The third kappa shape index (κ3) is 2.88. The number of carbonyl (C=O) groups excluding carboxylic acids is 1. The number of rotatable bonds is 5. The number of benzene rings is 1. The van der Waals surface area contributed by atoms with Crippen molar-refractivity contribution in [1.82, 2.24) is 4.90 Å². The Morgan fingerprint density at radius 3 is 2.75 bits per heavy atom. The molecule has 1 aromatic rings. The molecule has 0 aromatic heterocycles. The number of aliphatic hydroxyl groups excluding tert-OH is 1. The van der Waals surface area contributed by atoms with Crippen LogP contribution in [-0.4, -0.2) is 51.9 Å². The highest BCUT2D eigenvalue weighted by atomic mass is 32.2. The van der Waals surface area contributed by atoms with Crippen molar-refractivity contribution in [3.63, 3.8) is 0 Å². The van der Waals surface area contributed by atoms with Crippen LogP contribution < -0.4 is 0 Å². The zero-order valence-corrected chi connectivity index (χ0v) is 12.1. The molecule has 5 heteroatoms. The maximum absolute atomic E-state index is 12.5. The highest BCUT2D eigenvalue weighted by Gasteiger charge is 2.37. The third-order valence-corrected chi connectivity index (χ3v) is 4.67. The molecule has 2 aliphatic rings. The third-order valence-electron chi connectivity index (χ3n) is 3.57. The minimum Gasteiger partial charge on any atom is -0.395 e. The fourth-order valence-electron chi connectivity index (χ4n) is 2.40. The second kappa shape index (κ2) is 5.97. The van der Waals surface area contributed by atoms with Crippen LogP contribution in [-0.2, 0) is 4.79 Å². The van der Waals surface area contributed by atoms with E-state index in [2.05, 4.69) is 4.99 Å². The van der Waals surface area contributed by atoms with Crippen molar-refractivity contribution in [3.05, 3.63) is 35.9 Å². The summed E-state index contributed by atoms with van der Waals surface area (Å²) in [5.74, 6) is 0.775. The largest absolute Gasteiger partial charge is 0.395 e. The first kappa shape index (κ1) is 13.6. The monoisotopic (exact) mass is 290 g/mol. The predicted octanol–water partition coefficient (Wildman–Crippen LogP) is 1.53. The number of carbonyl (C=O) groups is 1. The van der Waals surface area contributed by atoms with Gasteiger partial charge in [0, 0.05) is 23.9 Å². The number of thioether (sulfide) groups is 1. The molecular formula is C15H18N2O2S. The van der Waals surface area contributed by atoms with Gasteiger partial charge in [-0.25, -0.2) is 0 Å². The molecule has 1 atom stereocenters. The molecule has 0 spiro atoms. The molecule has 1 unspecified atom stereocenters. The summed E-state index contributed by atoms with van der Waals surface area (Å²) in [6.07, 6.45) is 2.11. The van der Waals surface area contributed by atoms with Gasteiger partial charge in [0.25, 0.3) is 0 Å². The molecule has 1 N–H and O–H groups in total. The van der Waals surface area contributed by atoms with Crippen molar-refractivity contribution in [2.45, 2.75) is 24.9 Å². The summed E-state index contributed by atoms with van der Waals surface area (Å²) in [7, 11) is 0. The zero-order valence-electron chi connectivity index (χ0n) is 11.2. The summed E-state index contributed by atoms with van der Waals surface area (Å²) >= 11 is 1.64. The smallest absolute Gasteiger partial charge is 0.248 e. The lowest BCUT2D eigenvalue weighted by Crippen LogP contribution is -2.41. The molecule has 1 heterocycles. The molecule has 1 amide bonds.